The standard InChI is InChI=1S/C15H21N5O2/c1-9(2)12-16-13(21-18-12)11-5-7-20(8-6-11)15-17-14(22-19-15)10-3-4-10/h9-11H,3-8H2,1-2H3. The maximum Gasteiger partial charge on any atom is 0.266 e. The molecule has 2 fully saturated rings. The zero-order valence-electron chi connectivity index (χ0n) is 13.0. The molecule has 2 aromatic rings. The van der Waals surface area contributed by atoms with Crippen molar-refractivity contribution >= 4 is 5.95 Å². The molecule has 1 saturated heterocycles. The van der Waals surface area contributed by atoms with Crippen LogP contribution in [0.4, 0.5) is 5.95 Å². The maximum absolute atomic E-state index is 5.42. The third-order valence-electron chi connectivity index (χ3n) is 4.46. The Bertz CT molecular complexity index is 590. The highest BCUT2D eigenvalue weighted by Crippen LogP contribution is 2.39. The third kappa shape index (κ3) is 2.60. The average Bonchev–Trinajstić information content (AvgIpc) is 3.06. The monoisotopic (exact) mass is 303 g/mol. The third-order valence-corrected chi connectivity index (χ3v) is 4.46. The topological polar surface area (TPSA) is 81.1 Å². The molecule has 0 spiro atoms. The molecule has 7 heteroatoms. The fraction of sp³-hybridized carbons (Fsp3) is 0.733. The second-order valence-electron chi connectivity index (χ2n) is 6.61. The minimum Gasteiger partial charge on any atom is -0.339 e. The van der Waals surface area contributed by atoms with Gasteiger partial charge in [-0.3, -0.25) is 0 Å². The van der Waals surface area contributed by atoms with Crippen LogP contribution >= 0.6 is 0 Å². The van der Waals surface area contributed by atoms with Gasteiger partial charge in [0.15, 0.2) is 5.82 Å². The maximum atomic E-state index is 5.42. The van der Waals surface area contributed by atoms with E-state index in [4.69, 9.17) is 9.05 Å². The van der Waals surface area contributed by atoms with E-state index in [-0.39, 0.29) is 0 Å². The molecule has 1 aliphatic heterocycles. The van der Waals surface area contributed by atoms with Crippen LogP contribution in [0, 0.1) is 0 Å². The van der Waals surface area contributed by atoms with Gasteiger partial charge in [-0.1, -0.05) is 19.0 Å². The van der Waals surface area contributed by atoms with Gasteiger partial charge in [0.2, 0.25) is 11.8 Å². The van der Waals surface area contributed by atoms with Crippen molar-refractivity contribution in [1.29, 1.82) is 0 Å². The van der Waals surface area contributed by atoms with Gasteiger partial charge in [-0.05, 0) is 30.8 Å². The SMILES string of the molecule is CC(C)c1noc(C2CCN(c3noc(C4CC4)n3)CC2)n1. The van der Waals surface area contributed by atoms with Crippen molar-refractivity contribution in [2.24, 2.45) is 0 Å². The van der Waals surface area contributed by atoms with Crippen LogP contribution in [0.2, 0.25) is 0 Å². The second-order valence-corrected chi connectivity index (χ2v) is 6.61. The molecule has 0 N–H and O–H groups in total. The number of piperidine rings is 1. The molecule has 7 nitrogen and oxygen atoms in total. The van der Waals surface area contributed by atoms with E-state index in [0.29, 0.717) is 17.8 Å². The summed E-state index contributed by atoms with van der Waals surface area (Å²) in [4.78, 5) is 11.2. The molecule has 118 valence electrons. The molecule has 2 aromatic heterocycles. The van der Waals surface area contributed by atoms with Crippen molar-refractivity contribution in [3.05, 3.63) is 17.6 Å². The van der Waals surface area contributed by atoms with Crippen molar-refractivity contribution in [2.75, 3.05) is 18.0 Å². The molecule has 3 heterocycles. The molecular formula is C15H21N5O2. The molecule has 0 bridgehead atoms. The van der Waals surface area contributed by atoms with E-state index < -0.39 is 0 Å². The summed E-state index contributed by atoms with van der Waals surface area (Å²) < 4.78 is 10.8. The van der Waals surface area contributed by atoms with E-state index in [1.54, 1.807) is 0 Å². The van der Waals surface area contributed by atoms with Crippen LogP contribution in [0.1, 0.15) is 74.9 Å². The van der Waals surface area contributed by atoms with Gasteiger partial charge >= 0.3 is 0 Å². The van der Waals surface area contributed by atoms with Crippen LogP contribution in [0.25, 0.3) is 0 Å². The van der Waals surface area contributed by atoms with Gasteiger partial charge < -0.3 is 13.9 Å². The van der Waals surface area contributed by atoms with E-state index in [9.17, 15) is 0 Å². The van der Waals surface area contributed by atoms with Crippen molar-refractivity contribution < 1.29 is 9.05 Å². The van der Waals surface area contributed by atoms with Crippen LogP contribution in [-0.4, -0.2) is 33.4 Å². The molecule has 0 amide bonds. The lowest BCUT2D eigenvalue weighted by molar-refractivity contribution is 0.324. The van der Waals surface area contributed by atoms with E-state index in [1.165, 1.54) is 12.8 Å². The Morgan fingerprint density at radius 2 is 1.55 bits per heavy atom. The summed E-state index contributed by atoms with van der Waals surface area (Å²) in [6.45, 7) is 5.94. The Balaban J connectivity index is 1.38. The highest BCUT2D eigenvalue weighted by Gasteiger charge is 2.32. The molecule has 0 atom stereocenters. The first-order chi connectivity index (χ1) is 10.7. The first kappa shape index (κ1) is 13.7. The fourth-order valence-corrected chi connectivity index (χ4v) is 2.83. The number of aromatic nitrogens is 4. The van der Waals surface area contributed by atoms with Crippen molar-refractivity contribution in [2.45, 2.75) is 57.3 Å². The van der Waals surface area contributed by atoms with Crippen LogP contribution < -0.4 is 4.90 Å². The van der Waals surface area contributed by atoms with E-state index in [0.717, 1.165) is 49.5 Å². The first-order valence-corrected chi connectivity index (χ1v) is 8.12. The molecule has 0 unspecified atom stereocenters. The average molecular weight is 303 g/mol. The number of hydrogen-bond acceptors (Lipinski definition) is 7. The lowest BCUT2D eigenvalue weighted by atomic mass is 9.97. The van der Waals surface area contributed by atoms with Gasteiger partial charge in [0.25, 0.3) is 5.95 Å². The van der Waals surface area contributed by atoms with Gasteiger partial charge in [-0.2, -0.15) is 9.97 Å². The van der Waals surface area contributed by atoms with Crippen molar-refractivity contribution in [3.8, 4) is 0 Å². The number of rotatable bonds is 4. The number of anilines is 1. The minimum absolute atomic E-state index is 0.303. The summed E-state index contributed by atoms with van der Waals surface area (Å²) in [5.74, 6) is 4.25. The van der Waals surface area contributed by atoms with Gasteiger partial charge in [0, 0.05) is 30.8 Å². The Hall–Kier alpha value is -1.92. The molecule has 22 heavy (non-hydrogen) atoms. The molecule has 2 aliphatic rings. The van der Waals surface area contributed by atoms with Gasteiger partial charge in [0.1, 0.15) is 0 Å². The summed E-state index contributed by atoms with van der Waals surface area (Å²) >= 11 is 0. The van der Waals surface area contributed by atoms with Crippen LogP contribution in [0.15, 0.2) is 9.05 Å². The van der Waals surface area contributed by atoms with Crippen molar-refractivity contribution in [1.82, 2.24) is 20.3 Å². The first-order valence-electron chi connectivity index (χ1n) is 8.12. The van der Waals surface area contributed by atoms with Crippen molar-refractivity contribution in [3.63, 3.8) is 0 Å². The highest BCUT2D eigenvalue weighted by atomic mass is 16.5. The summed E-state index contributed by atoms with van der Waals surface area (Å²) in [6.07, 6.45) is 4.32. The van der Waals surface area contributed by atoms with Gasteiger partial charge in [-0.25, -0.2) is 0 Å². The Morgan fingerprint density at radius 1 is 0.909 bits per heavy atom. The lowest BCUT2D eigenvalue weighted by Gasteiger charge is -2.28. The predicted molar refractivity (Wildman–Crippen MR) is 78.8 cm³/mol. The molecular weight excluding hydrogens is 282 g/mol. The fourth-order valence-electron chi connectivity index (χ4n) is 2.83. The summed E-state index contributed by atoms with van der Waals surface area (Å²) in [5.41, 5.74) is 0. The number of nitrogens with zero attached hydrogens (tertiary/aromatic N) is 5. The Kier molecular flexibility index (Phi) is 3.35. The molecule has 1 aliphatic carbocycles. The zero-order valence-corrected chi connectivity index (χ0v) is 13.0. The smallest absolute Gasteiger partial charge is 0.266 e. The van der Waals surface area contributed by atoms with Gasteiger partial charge in [0.05, 0.1) is 0 Å². The predicted octanol–water partition coefficient (Wildman–Crippen LogP) is 2.84. The minimum atomic E-state index is 0.303. The molecule has 0 radical (unpaired) electrons. The highest BCUT2D eigenvalue weighted by molar-refractivity contribution is 5.30. The van der Waals surface area contributed by atoms with Crippen LogP contribution in [0.5, 0.6) is 0 Å². The molecule has 4 rings (SSSR count). The zero-order chi connectivity index (χ0) is 15.1. The Labute approximate surface area is 129 Å². The Morgan fingerprint density at radius 3 is 2.18 bits per heavy atom. The molecule has 1 saturated carbocycles. The largest absolute Gasteiger partial charge is 0.339 e. The summed E-state index contributed by atoms with van der Waals surface area (Å²) in [6, 6.07) is 0. The quantitative estimate of drug-likeness (QED) is 0.859. The van der Waals surface area contributed by atoms with E-state index >= 15 is 0 Å². The van der Waals surface area contributed by atoms with Crippen LogP contribution in [0.3, 0.4) is 0 Å². The van der Waals surface area contributed by atoms with E-state index in [2.05, 4.69) is 39.0 Å². The van der Waals surface area contributed by atoms with Gasteiger partial charge in [-0.15, -0.1) is 0 Å². The number of hydrogen-bond donors (Lipinski definition) is 0. The lowest BCUT2D eigenvalue weighted by Crippen LogP contribution is -2.33. The van der Waals surface area contributed by atoms with Crippen LogP contribution in [-0.2, 0) is 0 Å². The second kappa shape index (κ2) is 5.37. The van der Waals surface area contributed by atoms with E-state index in [1.807, 2.05) is 0 Å². The summed E-state index contributed by atoms with van der Waals surface area (Å²) in [7, 11) is 0. The normalized spacial score (nSPS) is 20.0. The molecule has 0 aromatic carbocycles. The summed E-state index contributed by atoms with van der Waals surface area (Å²) in [5, 5.41) is 8.17.